The van der Waals surface area contributed by atoms with Gasteiger partial charge in [-0.3, -0.25) is 4.79 Å². The topological polar surface area (TPSA) is 116 Å². The molecule has 1 heterocycles. The molecular formula is C12H17O7P-2. The van der Waals surface area contributed by atoms with Gasteiger partial charge in [-0.25, -0.2) is 4.79 Å². The van der Waals surface area contributed by atoms with E-state index < -0.39 is 26.2 Å². The van der Waals surface area contributed by atoms with Gasteiger partial charge in [0.2, 0.25) is 0 Å². The zero-order chi connectivity index (χ0) is 15.3. The fourth-order valence-electron chi connectivity index (χ4n) is 1.82. The lowest BCUT2D eigenvalue weighted by Crippen LogP contribution is -2.18. The van der Waals surface area contributed by atoms with Crippen molar-refractivity contribution in [3.8, 4) is 0 Å². The smallest absolute Gasteiger partial charge is 0.342 e. The van der Waals surface area contributed by atoms with E-state index in [1.807, 2.05) is 13.8 Å². The molecule has 0 aromatic carbocycles. The first-order valence-corrected chi connectivity index (χ1v) is 7.75. The molecule has 0 aliphatic carbocycles. The van der Waals surface area contributed by atoms with Gasteiger partial charge in [-0.15, -0.1) is 0 Å². The Hall–Kier alpha value is -1.01. The summed E-state index contributed by atoms with van der Waals surface area (Å²) in [5.41, 5.74) is -0.0707. The van der Waals surface area contributed by atoms with Crippen molar-refractivity contribution in [1.82, 2.24) is 0 Å². The van der Waals surface area contributed by atoms with Gasteiger partial charge < -0.3 is 23.6 Å². The second-order valence-electron chi connectivity index (χ2n) is 4.98. The average Bonchev–Trinajstić information content (AvgIpc) is 2.66. The number of ketones is 1. The maximum absolute atomic E-state index is 11.9. The largest absolute Gasteiger partial charge is 0.790 e. The molecule has 0 saturated heterocycles. The third-order valence-electron chi connectivity index (χ3n) is 2.80. The third kappa shape index (κ3) is 5.54. The standard InChI is InChI=1S/C12H19O7P/c1-8(2)4-3-5-10(13)11-9(6-18-12(11)14)7-19-20(15,16)17/h8H,3-7H2,1-2H3,(H2,15,16,17)/p-2. The highest BCUT2D eigenvalue weighted by molar-refractivity contribution is 7.43. The van der Waals surface area contributed by atoms with E-state index in [0.29, 0.717) is 12.3 Å². The van der Waals surface area contributed by atoms with Crippen molar-refractivity contribution in [1.29, 1.82) is 0 Å². The normalized spacial score (nSPS) is 15.9. The first-order chi connectivity index (χ1) is 9.20. The van der Waals surface area contributed by atoms with Crippen molar-refractivity contribution in [3.05, 3.63) is 11.1 Å². The first-order valence-electron chi connectivity index (χ1n) is 6.29. The number of Topliss-reactive ketones (excluding diaryl/α,β-unsaturated/α-hetero) is 1. The molecule has 0 radical (unpaired) electrons. The van der Waals surface area contributed by atoms with Crippen LogP contribution in [0.1, 0.15) is 33.1 Å². The van der Waals surface area contributed by atoms with Crippen molar-refractivity contribution in [2.45, 2.75) is 33.1 Å². The van der Waals surface area contributed by atoms with Crippen LogP contribution in [0, 0.1) is 5.92 Å². The molecule has 1 rings (SSSR count). The predicted octanol–water partition coefficient (Wildman–Crippen LogP) is 0.0805. The van der Waals surface area contributed by atoms with Crippen LogP contribution in [0.25, 0.3) is 0 Å². The summed E-state index contributed by atoms with van der Waals surface area (Å²) in [5.74, 6) is -0.745. The van der Waals surface area contributed by atoms with Crippen LogP contribution >= 0.6 is 7.82 Å². The number of carbonyl (C=O) groups excluding carboxylic acids is 2. The summed E-state index contributed by atoms with van der Waals surface area (Å²) in [6.07, 6.45) is 1.65. The SMILES string of the molecule is CC(C)CCCC(=O)C1=C(COP(=O)([O-])[O-])COC1=O. The molecule has 7 nitrogen and oxygen atoms in total. The van der Waals surface area contributed by atoms with Gasteiger partial charge >= 0.3 is 5.97 Å². The molecule has 114 valence electrons. The fraction of sp³-hybridized carbons (Fsp3) is 0.667. The Morgan fingerprint density at radius 2 is 2.10 bits per heavy atom. The minimum absolute atomic E-state index is 0.108. The Kier molecular flexibility index (Phi) is 6.07. The molecule has 1 aliphatic rings. The molecule has 0 atom stereocenters. The summed E-state index contributed by atoms with van der Waals surface area (Å²) < 4.78 is 19.2. The van der Waals surface area contributed by atoms with Gasteiger partial charge in [-0.1, -0.05) is 20.3 Å². The molecule has 0 aromatic rings. The van der Waals surface area contributed by atoms with Crippen molar-refractivity contribution in [3.63, 3.8) is 0 Å². The molecule has 0 bridgehead atoms. The average molecular weight is 304 g/mol. The Morgan fingerprint density at radius 3 is 2.65 bits per heavy atom. The molecule has 0 spiro atoms. The van der Waals surface area contributed by atoms with Crippen LogP contribution in [0.3, 0.4) is 0 Å². The van der Waals surface area contributed by atoms with E-state index in [0.717, 1.165) is 6.42 Å². The van der Waals surface area contributed by atoms with Crippen molar-refractivity contribution < 1.29 is 33.2 Å². The van der Waals surface area contributed by atoms with Gasteiger partial charge in [-0.05, 0) is 12.3 Å². The number of phosphoric ester groups is 1. The molecule has 0 fully saturated rings. The number of phosphoric acid groups is 1. The highest BCUT2D eigenvalue weighted by atomic mass is 31.2. The molecule has 1 aliphatic heterocycles. The zero-order valence-corrected chi connectivity index (χ0v) is 12.3. The van der Waals surface area contributed by atoms with E-state index in [1.165, 1.54) is 0 Å². The maximum Gasteiger partial charge on any atom is 0.342 e. The van der Waals surface area contributed by atoms with Gasteiger partial charge in [0.1, 0.15) is 12.2 Å². The van der Waals surface area contributed by atoms with Crippen LogP contribution < -0.4 is 9.79 Å². The first kappa shape index (κ1) is 17.0. The fourth-order valence-corrected chi connectivity index (χ4v) is 2.13. The van der Waals surface area contributed by atoms with Gasteiger partial charge in [0.25, 0.3) is 0 Å². The van der Waals surface area contributed by atoms with Gasteiger partial charge in [0.15, 0.2) is 5.78 Å². The van der Waals surface area contributed by atoms with Crippen molar-refractivity contribution >= 4 is 19.6 Å². The Morgan fingerprint density at radius 1 is 1.45 bits per heavy atom. The van der Waals surface area contributed by atoms with Gasteiger partial charge in [-0.2, -0.15) is 0 Å². The van der Waals surface area contributed by atoms with Crippen LogP contribution in [0.2, 0.25) is 0 Å². The maximum atomic E-state index is 11.9. The molecule has 8 heteroatoms. The molecule has 0 aromatic heterocycles. The van der Waals surface area contributed by atoms with Crippen LogP contribution in [-0.2, 0) is 23.4 Å². The monoisotopic (exact) mass is 304 g/mol. The second kappa shape index (κ2) is 7.13. The molecule has 20 heavy (non-hydrogen) atoms. The number of hydrogen-bond acceptors (Lipinski definition) is 7. The van der Waals surface area contributed by atoms with Crippen molar-refractivity contribution in [2.75, 3.05) is 13.2 Å². The quantitative estimate of drug-likeness (QED) is 0.354. The van der Waals surface area contributed by atoms with Crippen LogP contribution in [0.15, 0.2) is 11.1 Å². The van der Waals surface area contributed by atoms with Crippen LogP contribution in [0.5, 0.6) is 0 Å². The second-order valence-corrected chi connectivity index (χ2v) is 6.14. The van der Waals surface area contributed by atoms with E-state index in [-0.39, 0.29) is 24.2 Å². The molecule has 0 unspecified atom stereocenters. The lowest BCUT2D eigenvalue weighted by molar-refractivity contribution is -0.341. The van der Waals surface area contributed by atoms with E-state index >= 15 is 0 Å². The third-order valence-corrected chi connectivity index (χ3v) is 3.24. The minimum atomic E-state index is -5.14. The molecule has 0 amide bonds. The lowest BCUT2D eigenvalue weighted by atomic mass is 9.99. The van der Waals surface area contributed by atoms with E-state index in [9.17, 15) is 23.9 Å². The molecular weight excluding hydrogens is 287 g/mol. The highest BCUT2D eigenvalue weighted by Gasteiger charge is 2.30. The number of esters is 1. The van der Waals surface area contributed by atoms with Crippen molar-refractivity contribution in [2.24, 2.45) is 5.92 Å². The summed E-state index contributed by atoms with van der Waals surface area (Å²) in [6.45, 7) is 3.21. The number of carbonyl (C=O) groups is 2. The number of ether oxygens (including phenoxy) is 1. The summed E-state index contributed by atoms with van der Waals surface area (Å²) in [5, 5.41) is 0. The summed E-state index contributed by atoms with van der Waals surface area (Å²) >= 11 is 0. The highest BCUT2D eigenvalue weighted by Crippen LogP contribution is 2.28. The predicted molar refractivity (Wildman–Crippen MR) is 65.2 cm³/mol. The molecule has 0 saturated carbocycles. The van der Waals surface area contributed by atoms with Gasteiger partial charge in [0, 0.05) is 12.0 Å². The Balaban J connectivity index is 2.67. The van der Waals surface area contributed by atoms with Gasteiger partial charge in [0.05, 0.1) is 14.4 Å². The van der Waals surface area contributed by atoms with E-state index in [1.54, 1.807) is 0 Å². The summed E-state index contributed by atoms with van der Waals surface area (Å²) in [6, 6.07) is 0. The van der Waals surface area contributed by atoms with E-state index in [4.69, 9.17) is 0 Å². The van der Waals surface area contributed by atoms with Crippen LogP contribution in [0.4, 0.5) is 0 Å². The summed E-state index contributed by atoms with van der Waals surface area (Å²) in [7, 11) is -5.14. The zero-order valence-electron chi connectivity index (χ0n) is 11.4. The molecule has 0 N–H and O–H groups in total. The Bertz CT molecular complexity index is 460. The number of hydrogen-bond donors (Lipinski definition) is 0. The van der Waals surface area contributed by atoms with Crippen LogP contribution in [-0.4, -0.2) is 25.0 Å². The minimum Gasteiger partial charge on any atom is -0.790 e. The number of cyclic esters (lactones) is 1. The summed E-state index contributed by atoms with van der Waals surface area (Å²) in [4.78, 5) is 44.2. The van der Waals surface area contributed by atoms with E-state index in [2.05, 4.69) is 9.26 Å². The Labute approximate surface area is 117 Å². The lowest BCUT2D eigenvalue weighted by Gasteiger charge is -2.28. The number of rotatable bonds is 8.